The van der Waals surface area contributed by atoms with E-state index in [0.29, 0.717) is 16.5 Å². The number of hydrogen-bond acceptors (Lipinski definition) is 3. The Kier molecular flexibility index (Phi) is 5.74. The van der Waals surface area contributed by atoms with Crippen LogP contribution in [-0.2, 0) is 0 Å². The average molecular weight is 476 g/mol. The fraction of sp³-hybridized carbons (Fsp3) is 0.136. The standard InChI is InChI=1S/C22H17BrCl2N2O/c23-15-5-1-13(2-6-15)19-12-20(18-11-17(25)9-10-21(18)28)27-22(26-19)14-3-7-16(24)8-4-14/h1-11,20,22,27-28H,12H2/t20-,22-/m1/s1. The van der Waals surface area contributed by atoms with Crippen molar-refractivity contribution in [2.24, 2.45) is 4.99 Å². The molecule has 1 heterocycles. The van der Waals surface area contributed by atoms with Crippen LogP contribution in [0.25, 0.3) is 0 Å². The molecule has 0 aliphatic carbocycles. The number of rotatable bonds is 3. The molecule has 4 rings (SSSR count). The zero-order valence-electron chi connectivity index (χ0n) is 14.7. The van der Waals surface area contributed by atoms with Crippen LogP contribution in [0.1, 0.15) is 35.3 Å². The molecule has 0 saturated carbocycles. The van der Waals surface area contributed by atoms with Gasteiger partial charge in [-0.25, -0.2) is 0 Å². The number of halogens is 3. The molecule has 2 atom stereocenters. The van der Waals surface area contributed by atoms with Gasteiger partial charge in [0.05, 0.1) is 0 Å². The number of aromatic hydroxyl groups is 1. The van der Waals surface area contributed by atoms with Gasteiger partial charge in [-0.15, -0.1) is 0 Å². The zero-order valence-corrected chi connectivity index (χ0v) is 17.8. The maximum atomic E-state index is 10.4. The van der Waals surface area contributed by atoms with E-state index in [2.05, 4.69) is 21.2 Å². The predicted molar refractivity (Wildman–Crippen MR) is 118 cm³/mol. The highest BCUT2D eigenvalue weighted by Gasteiger charge is 2.27. The van der Waals surface area contributed by atoms with Gasteiger partial charge in [-0.3, -0.25) is 10.3 Å². The van der Waals surface area contributed by atoms with Crippen molar-refractivity contribution >= 4 is 44.8 Å². The summed E-state index contributed by atoms with van der Waals surface area (Å²) in [6, 6.07) is 20.7. The van der Waals surface area contributed by atoms with E-state index in [1.807, 2.05) is 48.5 Å². The van der Waals surface area contributed by atoms with E-state index in [0.717, 1.165) is 26.9 Å². The van der Waals surface area contributed by atoms with Crippen molar-refractivity contribution in [1.82, 2.24) is 5.32 Å². The van der Waals surface area contributed by atoms with Crippen LogP contribution in [0.5, 0.6) is 5.75 Å². The molecule has 0 unspecified atom stereocenters. The highest BCUT2D eigenvalue weighted by molar-refractivity contribution is 9.10. The first-order chi connectivity index (χ1) is 13.5. The summed E-state index contributed by atoms with van der Waals surface area (Å²) in [6.07, 6.45) is 0.382. The SMILES string of the molecule is Oc1ccc(Cl)cc1[C@H]1CC(c2ccc(Br)cc2)=N[C@@H](c2ccc(Cl)cc2)N1. The normalized spacial score (nSPS) is 19.3. The number of nitrogens with one attached hydrogen (secondary N) is 1. The van der Waals surface area contributed by atoms with Crippen LogP contribution in [0.3, 0.4) is 0 Å². The van der Waals surface area contributed by atoms with Crippen LogP contribution in [0, 0.1) is 0 Å². The summed E-state index contributed by atoms with van der Waals surface area (Å²) in [4.78, 5) is 4.94. The molecule has 3 aromatic rings. The Hall–Kier alpha value is -1.85. The molecule has 6 heteroatoms. The van der Waals surface area contributed by atoms with E-state index in [9.17, 15) is 5.11 Å². The van der Waals surface area contributed by atoms with Crippen molar-refractivity contribution in [2.45, 2.75) is 18.6 Å². The maximum Gasteiger partial charge on any atom is 0.126 e. The Morgan fingerprint density at radius 3 is 2.32 bits per heavy atom. The lowest BCUT2D eigenvalue weighted by molar-refractivity contribution is 0.413. The van der Waals surface area contributed by atoms with Gasteiger partial charge in [0.1, 0.15) is 11.9 Å². The molecule has 0 aromatic heterocycles. The minimum Gasteiger partial charge on any atom is -0.508 e. The van der Waals surface area contributed by atoms with E-state index in [1.54, 1.807) is 18.2 Å². The Balaban J connectivity index is 1.76. The summed E-state index contributed by atoms with van der Waals surface area (Å²) >= 11 is 15.7. The van der Waals surface area contributed by atoms with E-state index in [4.69, 9.17) is 28.2 Å². The second-order valence-electron chi connectivity index (χ2n) is 6.66. The largest absolute Gasteiger partial charge is 0.508 e. The summed E-state index contributed by atoms with van der Waals surface area (Å²) in [6.45, 7) is 0. The first kappa shape index (κ1) is 19.5. The van der Waals surface area contributed by atoms with Crippen molar-refractivity contribution in [2.75, 3.05) is 0 Å². The summed E-state index contributed by atoms with van der Waals surface area (Å²) in [5.41, 5.74) is 3.78. The molecule has 2 N–H and O–H groups in total. The van der Waals surface area contributed by atoms with Gasteiger partial charge in [0, 0.05) is 38.3 Å². The van der Waals surface area contributed by atoms with Crippen LogP contribution in [0.2, 0.25) is 10.0 Å². The fourth-order valence-corrected chi connectivity index (χ4v) is 3.91. The molecule has 3 nitrogen and oxygen atoms in total. The number of phenolic OH excluding ortho intramolecular Hbond substituents is 1. The summed E-state index contributed by atoms with van der Waals surface area (Å²) in [5.74, 6) is 0.216. The quantitative estimate of drug-likeness (QED) is 0.443. The van der Waals surface area contributed by atoms with Crippen molar-refractivity contribution in [1.29, 1.82) is 0 Å². The summed E-state index contributed by atoms with van der Waals surface area (Å²) in [5, 5.41) is 15.2. The highest BCUT2D eigenvalue weighted by atomic mass is 79.9. The Morgan fingerprint density at radius 1 is 0.929 bits per heavy atom. The number of aliphatic imine (C=N–C) groups is 1. The van der Waals surface area contributed by atoms with E-state index >= 15 is 0 Å². The molecule has 28 heavy (non-hydrogen) atoms. The average Bonchev–Trinajstić information content (AvgIpc) is 2.70. The molecule has 0 fully saturated rings. The van der Waals surface area contributed by atoms with Gasteiger partial charge >= 0.3 is 0 Å². The minimum absolute atomic E-state index is 0.129. The Labute approximate surface area is 182 Å². The van der Waals surface area contributed by atoms with Crippen molar-refractivity contribution < 1.29 is 5.11 Å². The van der Waals surface area contributed by atoms with E-state index in [-0.39, 0.29) is 18.0 Å². The third-order valence-electron chi connectivity index (χ3n) is 4.77. The number of phenols is 1. The monoisotopic (exact) mass is 474 g/mol. The summed E-state index contributed by atoms with van der Waals surface area (Å²) in [7, 11) is 0. The number of nitrogens with zero attached hydrogens (tertiary/aromatic N) is 1. The van der Waals surface area contributed by atoms with Gasteiger partial charge in [-0.05, 0) is 53.6 Å². The Bertz CT molecular complexity index is 1020. The Morgan fingerprint density at radius 2 is 1.61 bits per heavy atom. The molecular weight excluding hydrogens is 459 g/mol. The molecule has 0 saturated heterocycles. The van der Waals surface area contributed by atoms with Crippen LogP contribution in [0.4, 0.5) is 0 Å². The molecule has 0 radical (unpaired) electrons. The minimum atomic E-state index is -0.256. The lowest BCUT2D eigenvalue weighted by Gasteiger charge is -2.31. The topological polar surface area (TPSA) is 44.6 Å². The second kappa shape index (κ2) is 8.26. The van der Waals surface area contributed by atoms with E-state index in [1.165, 1.54) is 0 Å². The molecule has 1 aliphatic rings. The van der Waals surface area contributed by atoms with Crippen LogP contribution in [-0.4, -0.2) is 10.8 Å². The summed E-state index contributed by atoms with van der Waals surface area (Å²) < 4.78 is 1.02. The van der Waals surface area contributed by atoms with Crippen LogP contribution < -0.4 is 5.32 Å². The molecule has 0 bridgehead atoms. The van der Waals surface area contributed by atoms with Crippen molar-refractivity contribution in [3.8, 4) is 5.75 Å². The molecular formula is C22H17BrCl2N2O. The molecule has 1 aliphatic heterocycles. The second-order valence-corrected chi connectivity index (χ2v) is 8.45. The van der Waals surface area contributed by atoms with Gasteiger partial charge in [0.15, 0.2) is 0 Å². The van der Waals surface area contributed by atoms with Crippen molar-refractivity contribution in [3.63, 3.8) is 0 Å². The van der Waals surface area contributed by atoms with Gasteiger partial charge in [0.25, 0.3) is 0 Å². The van der Waals surface area contributed by atoms with Crippen LogP contribution in [0.15, 0.2) is 76.2 Å². The first-order valence-electron chi connectivity index (χ1n) is 8.82. The lowest BCUT2D eigenvalue weighted by atomic mass is 9.93. The fourth-order valence-electron chi connectivity index (χ4n) is 3.34. The zero-order chi connectivity index (χ0) is 19.7. The van der Waals surface area contributed by atoms with Crippen LogP contribution >= 0.6 is 39.1 Å². The molecule has 142 valence electrons. The van der Waals surface area contributed by atoms with Crippen molar-refractivity contribution in [3.05, 3.63) is 97.9 Å². The number of benzene rings is 3. The van der Waals surface area contributed by atoms with Gasteiger partial charge < -0.3 is 5.11 Å². The third-order valence-corrected chi connectivity index (χ3v) is 5.79. The molecule has 0 amide bonds. The van der Waals surface area contributed by atoms with Gasteiger partial charge in [0.2, 0.25) is 0 Å². The molecule has 0 spiro atoms. The van der Waals surface area contributed by atoms with E-state index < -0.39 is 0 Å². The maximum absolute atomic E-state index is 10.4. The van der Waals surface area contributed by atoms with Gasteiger partial charge in [-0.1, -0.05) is 63.4 Å². The number of hydrogen-bond donors (Lipinski definition) is 2. The predicted octanol–water partition coefficient (Wildman–Crippen LogP) is 6.68. The molecule has 3 aromatic carbocycles. The smallest absolute Gasteiger partial charge is 0.126 e. The highest BCUT2D eigenvalue weighted by Crippen LogP contribution is 2.36. The lowest BCUT2D eigenvalue weighted by Crippen LogP contribution is -2.33. The first-order valence-corrected chi connectivity index (χ1v) is 10.4. The third kappa shape index (κ3) is 4.26. The van der Waals surface area contributed by atoms with Gasteiger partial charge in [-0.2, -0.15) is 0 Å².